The number of aryl methyl sites for hydroxylation is 1. The molecule has 0 bridgehead atoms. The molecule has 196 valence electrons. The van der Waals surface area contributed by atoms with Crippen molar-refractivity contribution >= 4 is 45.9 Å². The van der Waals surface area contributed by atoms with Crippen LogP contribution < -0.4 is 16.4 Å². The van der Waals surface area contributed by atoms with Crippen molar-refractivity contribution in [2.75, 3.05) is 37.2 Å². The zero-order chi connectivity index (χ0) is 27.0. The average molecular weight is 512 g/mol. The van der Waals surface area contributed by atoms with E-state index in [9.17, 15) is 9.59 Å². The number of likely N-dealkylation sites (N-methyl/N-ethyl adjacent to an activating group) is 1. The fraction of sp³-hybridized carbons (Fsp3) is 0.276. The van der Waals surface area contributed by atoms with Crippen LogP contribution in [-0.4, -0.2) is 58.1 Å². The van der Waals surface area contributed by atoms with E-state index in [-0.39, 0.29) is 11.8 Å². The lowest BCUT2D eigenvalue weighted by molar-refractivity contribution is -0.110. The van der Waals surface area contributed by atoms with Gasteiger partial charge in [0.1, 0.15) is 0 Å². The molecule has 2 aromatic heterocycles. The molecule has 0 spiro atoms. The first kappa shape index (κ1) is 25.3. The van der Waals surface area contributed by atoms with E-state index in [0.717, 1.165) is 69.9 Å². The summed E-state index contributed by atoms with van der Waals surface area (Å²) in [4.78, 5) is 31.8. The van der Waals surface area contributed by atoms with E-state index in [4.69, 9.17) is 5.73 Å². The number of carbonyl (C=O) groups is 2. The molecule has 38 heavy (non-hydrogen) atoms. The lowest BCUT2D eigenvalue weighted by Gasteiger charge is -2.18. The second kappa shape index (κ2) is 10.2. The number of aromatic nitrogens is 3. The van der Waals surface area contributed by atoms with E-state index in [1.807, 2.05) is 56.3 Å². The van der Waals surface area contributed by atoms with Crippen LogP contribution in [0.2, 0.25) is 0 Å². The summed E-state index contributed by atoms with van der Waals surface area (Å²) >= 11 is 0. The molecular formula is C29H33N7O2. The Balaban J connectivity index is 1.50. The molecule has 0 atom stereocenters. The van der Waals surface area contributed by atoms with Gasteiger partial charge in [-0.15, -0.1) is 0 Å². The number of amides is 2. The molecule has 3 heterocycles. The molecule has 9 nitrogen and oxygen atoms in total. The van der Waals surface area contributed by atoms with E-state index in [2.05, 4.69) is 44.6 Å². The minimum absolute atomic E-state index is 0.115. The first-order valence-electron chi connectivity index (χ1n) is 12.9. The molecule has 1 aliphatic heterocycles. The molecule has 0 saturated heterocycles. The Hall–Kier alpha value is -4.37. The minimum atomic E-state index is -0.187. The standard InChI is InChI=1S/C29H33N7O2/c1-5-36(6-2)13-12-31-29(38)25-16(3)24(32-17(25)4)15-21-26-19(8-7-9-23(26)33-28(21)37)18-10-11-22-20(14-18)27(30)35-34-22/h7-11,14-15,32H,5-6,12-13H2,1-4H3,(H,31,38)(H,33,37)(H3,30,34,35). The summed E-state index contributed by atoms with van der Waals surface area (Å²) in [5, 5.41) is 13.9. The Labute approximate surface area is 221 Å². The maximum absolute atomic E-state index is 13.1. The van der Waals surface area contributed by atoms with Crippen LogP contribution in [0.1, 0.15) is 46.7 Å². The largest absolute Gasteiger partial charge is 0.382 e. The van der Waals surface area contributed by atoms with Gasteiger partial charge in [-0.3, -0.25) is 14.7 Å². The maximum atomic E-state index is 13.1. The minimum Gasteiger partial charge on any atom is -0.382 e. The average Bonchev–Trinajstić information content (AvgIpc) is 3.53. The Kier molecular flexibility index (Phi) is 6.77. The second-order valence-electron chi connectivity index (χ2n) is 9.56. The van der Waals surface area contributed by atoms with Gasteiger partial charge in [0.25, 0.3) is 11.8 Å². The van der Waals surface area contributed by atoms with Gasteiger partial charge in [0.2, 0.25) is 0 Å². The first-order chi connectivity index (χ1) is 18.3. The van der Waals surface area contributed by atoms with Crippen LogP contribution in [0.3, 0.4) is 0 Å². The van der Waals surface area contributed by atoms with E-state index in [0.29, 0.717) is 23.5 Å². The van der Waals surface area contributed by atoms with Gasteiger partial charge in [0.05, 0.1) is 16.7 Å². The number of rotatable bonds is 8. The fourth-order valence-corrected chi connectivity index (χ4v) is 5.19. The lowest BCUT2D eigenvalue weighted by Crippen LogP contribution is -2.35. The van der Waals surface area contributed by atoms with Gasteiger partial charge in [-0.25, -0.2) is 0 Å². The van der Waals surface area contributed by atoms with E-state index < -0.39 is 0 Å². The van der Waals surface area contributed by atoms with Crippen LogP contribution >= 0.6 is 0 Å². The Bertz CT molecular complexity index is 1570. The molecule has 9 heteroatoms. The molecule has 0 saturated carbocycles. The van der Waals surface area contributed by atoms with E-state index in [1.165, 1.54) is 0 Å². The molecule has 5 rings (SSSR count). The van der Waals surface area contributed by atoms with Crippen LogP contribution in [0.4, 0.5) is 11.5 Å². The van der Waals surface area contributed by atoms with Gasteiger partial charge in [-0.2, -0.15) is 5.10 Å². The molecule has 0 radical (unpaired) electrons. The topological polar surface area (TPSA) is 132 Å². The Morgan fingerprint density at radius 2 is 1.95 bits per heavy atom. The van der Waals surface area contributed by atoms with Crippen molar-refractivity contribution in [1.82, 2.24) is 25.4 Å². The highest BCUT2D eigenvalue weighted by Gasteiger charge is 2.28. The number of fused-ring (bicyclic) bond motifs is 2. The molecular weight excluding hydrogens is 478 g/mol. The van der Waals surface area contributed by atoms with Gasteiger partial charge in [0, 0.05) is 41.1 Å². The third kappa shape index (κ3) is 4.45. The summed E-state index contributed by atoms with van der Waals surface area (Å²) in [5.74, 6) is 0.129. The number of nitrogens with one attached hydrogen (secondary N) is 4. The lowest BCUT2D eigenvalue weighted by atomic mass is 9.93. The highest BCUT2D eigenvalue weighted by Crippen LogP contribution is 2.41. The Morgan fingerprint density at radius 3 is 2.71 bits per heavy atom. The van der Waals surface area contributed by atoms with Crippen molar-refractivity contribution in [3.63, 3.8) is 0 Å². The summed E-state index contributed by atoms with van der Waals surface area (Å²) in [5.41, 5.74) is 13.8. The zero-order valence-electron chi connectivity index (χ0n) is 22.2. The number of hydrogen-bond donors (Lipinski definition) is 5. The van der Waals surface area contributed by atoms with Gasteiger partial charge in [-0.05, 0) is 67.9 Å². The van der Waals surface area contributed by atoms with Crippen molar-refractivity contribution in [1.29, 1.82) is 0 Å². The number of benzene rings is 2. The summed E-state index contributed by atoms with van der Waals surface area (Å²) in [7, 11) is 0. The summed E-state index contributed by atoms with van der Waals surface area (Å²) in [6.45, 7) is 11.3. The van der Waals surface area contributed by atoms with E-state index >= 15 is 0 Å². The number of nitrogens with two attached hydrogens (primary N) is 1. The molecule has 6 N–H and O–H groups in total. The van der Waals surface area contributed by atoms with Crippen LogP contribution in [0, 0.1) is 13.8 Å². The van der Waals surface area contributed by atoms with Crippen LogP contribution in [0.15, 0.2) is 36.4 Å². The van der Waals surface area contributed by atoms with E-state index in [1.54, 1.807) is 0 Å². The zero-order valence-corrected chi connectivity index (χ0v) is 22.2. The second-order valence-corrected chi connectivity index (χ2v) is 9.56. The highest BCUT2D eigenvalue weighted by molar-refractivity contribution is 6.36. The van der Waals surface area contributed by atoms with Crippen LogP contribution in [0.25, 0.3) is 33.7 Å². The Morgan fingerprint density at radius 1 is 1.16 bits per heavy atom. The summed E-state index contributed by atoms with van der Waals surface area (Å²) in [6.07, 6.45) is 1.84. The third-order valence-electron chi connectivity index (χ3n) is 7.33. The number of H-pyrrole nitrogens is 2. The SMILES string of the molecule is CCN(CC)CCNC(=O)c1c(C)[nH]c(C=C2C(=O)Nc3cccc(-c4ccc5[nH]nc(N)c5c4)c32)c1C. The smallest absolute Gasteiger partial charge is 0.256 e. The van der Waals surface area contributed by atoms with Crippen molar-refractivity contribution in [3.8, 4) is 11.1 Å². The third-order valence-corrected chi connectivity index (χ3v) is 7.33. The molecule has 0 fully saturated rings. The molecule has 2 aromatic carbocycles. The predicted molar refractivity (Wildman–Crippen MR) is 153 cm³/mol. The van der Waals surface area contributed by atoms with Crippen LogP contribution in [0.5, 0.6) is 0 Å². The van der Waals surface area contributed by atoms with Gasteiger partial charge in [0.15, 0.2) is 5.82 Å². The van der Waals surface area contributed by atoms with Crippen molar-refractivity contribution in [2.45, 2.75) is 27.7 Å². The number of nitrogen functional groups attached to an aromatic ring is 1. The normalized spacial score (nSPS) is 13.9. The highest BCUT2D eigenvalue weighted by atomic mass is 16.2. The maximum Gasteiger partial charge on any atom is 0.256 e. The number of aromatic amines is 2. The molecule has 0 unspecified atom stereocenters. The van der Waals surface area contributed by atoms with Gasteiger partial charge < -0.3 is 26.3 Å². The first-order valence-corrected chi connectivity index (χ1v) is 12.9. The molecule has 0 aliphatic carbocycles. The number of anilines is 2. The van der Waals surface area contributed by atoms with Crippen molar-refractivity contribution in [2.24, 2.45) is 0 Å². The summed E-state index contributed by atoms with van der Waals surface area (Å²) in [6, 6.07) is 11.7. The number of nitrogens with zero attached hydrogens (tertiary/aromatic N) is 2. The van der Waals surface area contributed by atoms with Gasteiger partial charge >= 0.3 is 0 Å². The fourth-order valence-electron chi connectivity index (χ4n) is 5.19. The van der Waals surface area contributed by atoms with Crippen LogP contribution in [-0.2, 0) is 4.79 Å². The summed E-state index contributed by atoms with van der Waals surface area (Å²) < 4.78 is 0. The quantitative estimate of drug-likeness (QED) is 0.225. The number of carbonyl (C=O) groups excluding carboxylic acids is 2. The van der Waals surface area contributed by atoms with Crippen molar-refractivity contribution in [3.05, 3.63) is 64.5 Å². The van der Waals surface area contributed by atoms with Gasteiger partial charge in [-0.1, -0.05) is 32.0 Å². The molecule has 2 amide bonds. The predicted octanol–water partition coefficient (Wildman–Crippen LogP) is 4.32. The molecule has 4 aromatic rings. The molecule has 1 aliphatic rings. The van der Waals surface area contributed by atoms with Crippen molar-refractivity contribution < 1.29 is 9.59 Å². The number of hydrogen-bond acceptors (Lipinski definition) is 5. The monoisotopic (exact) mass is 511 g/mol.